The van der Waals surface area contributed by atoms with Crippen molar-refractivity contribution in [3.8, 4) is 5.75 Å². The van der Waals surface area contributed by atoms with Crippen LogP contribution in [0.3, 0.4) is 0 Å². The molecule has 0 spiro atoms. The van der Waals surface area contributed by atoms with Crippen molar-refractivity contribution >= 4 is 40.6 Å². The molecule has 5 nitrogen and oxygen atoms in total. The fraction of sp³-hybridized carbons (Fsp3) is 0.250. The van der Waals surface area contributed by atoms with Crippen molar-refractivity contribution in [2.24, 2.45) is 0 Å². The molecule has 0 atom stereocenters. The van der Waals surface area contributed by atoms with Gasteiger partial charge in [0.15, 0.2) is 6.61 Å². The predicted octanol–water partition coefficient (Wildman–Crippen LogP) is 4.23. The third-order valence-electron chi connectivity index (χ3n) is 2.86. The molecule has 2 aromatic rings. The highest BCUT2D eigenvalue weighted by molar-refractivity contribution is 6.35. The summed E-state index contributed by atoms with van der Waals surface area (Å²) in [4.78, 5) is 16.0. The molecule has 2 N–H and O–H groups in total. The Morgan fingerprint density at radius 1 is 1.26 bits per heavy atom. The summed E-state index contributed by atoms with van der Waals surface area (Å²) in [7, 11) is 0. The second kappa shape index (κ2) is 8.60. The van der Waals surface area contributed by atoms with Crippen LogP contribution in [0.1, 0.15) is 13.3 Å². The summed E-state index contributed by atoms with van der Waals surface area (Å²) in [6, 6.07) is 8.40. The third-order valence-corrected chi connectivity index (χ3v) is 3.39. The standard InChI is InChI=1S/C16H17Cl2N3O2/c1-2-7-19-12-4-6-15(20-9-12)21-16(22)10-23-14-5-3-11(17)8-13(14)18/h3-6,8-9,19H,2,7,10H2,1H3,(H,20,21,22). The van der Waals surface area contributed by atoms with E-state index in [0.717, 1.165) is 18.7 Å². The highest BCUT2D eigenvalue weighted by atomic mass is 35.5. The maximum Gasteiger partial charge on any atom is 0.263 e. The maximum absolute atomic E-state index is 11.9. The van der Waals surface area contributed by atoms with Crippen LogP contribution in [0.15, 0.2) is 36.5 Å². The molecule has 0 unspecified atom stereocenters. The Labute approximate surface area is 145 Å². The Bertz CT molecular complexity index is 663. The van der Waals surface area contributed by atoms with E-state index in [1.54, 1.807) is 30.5 Å². The van der Waals surface area contributed by atoms with E-state index >= 15 is 0 Å². The molecule has 0 fully saturated rings. The van der Waals surface area contributed by atoms with Crippen molar-refractivity contribution in [2.75, 3.05) is 23.8 Å². The van der Waals surface area contributed by atoms with Crippen LogP contribution in [0.5, 0.6) is 5.75 Å². The van der Waals surface area contributed by atoms with Gasteiger partial charge in [-0.2, -0.15) is 0 Å². The monoisotopic (exact) mass is 353 g/mol. The van der Waals surface area contributed by atoms with Gasteiger partial charge in [0.25, 0.3) is 5.91 Å². The molecule has 0 aliphatic rings. The lowest BCUT2D eigenvalue weighted by Gasteiger charge is -2.09. The molecule has 23 heavy (non-hydrogen) atoms. The van der Waals surface area contributed by atoms with E-state index in [2.05, 4.69) is 22.5 Å². The lowest BCUT2D eigenvalue weighted by molar-refractivity contribution is -0.118. The van der Waals surface area contributed by atoms with Crippen molar-refractivity contribution in [3.63, 3.8) is 0 Å². The largest absolute Gasteiger partial charge is 0.482 e. The van der Waals surface area contributed by atoms with Crippen LogP contribution in [-0.4, -0.2) is 24.0 Å². The number of ether oxygens (including phenoxy) is 1. The Morgan fingerprint density at radius 3 is 2.74 bits per heavy atom. The molecule has 7 heteroatoms. The summed E-state index contributed by atoms with van der Waals surface area (Å²) in [6.45, 7) is 2.80. The summed E-state index contributed by atoms with van der Waals surface area (Å²) >= 11 is 11.8. The van der Waals surface area contributed by atoms with E-state index < -0.39 is 0 Å². The lowest BCUT2D eigenvalue weighted by atomic mass is 10.3. The van der Waals surface area contributed by atoms with Gasteiger partial charge in [-0.25, -0.2) is 4.98 Å². The first kappa shape index (κ1) is 17.4. The Balaban J connectivity index is 1.84. The van der Waals surface area contributed by atoms with Crippen LogP contribution in [0, 0.1) is 0 Å². The Morgan fingerprint density at radius 2 is 2.09 bits per heavy atom. The summed E-state index contributed by atoms with van der Waals surface area (Å²) in [5.41, 5.74) is 0.911. The average molecular weight is 354 g/mol. The van der Waals surface area contributed by atoms with E-state index in [9.17, 15) is 4.79 Å². The van der Waals surface area contributed by atoms with Crippen molar-refractivity contribution in [2.45, 2.75) is 13.3 Å². The zero-order chi connectivity index (χ0) is 16.7. The summed E-state index contributed by atoms with van der Waals surface area (Å²) in [6.07, 6.45) is 2.70. The summed E-state index contributed by atoms with van der Waals surface area (Å²) < 4.78 is 5.36. The minimum Gasteiger partial charge on any atom is -0.482 e. The molecule has 0 saturated carbocycles. The minimum absolute atomic E-state index is 0.168. The van der Waals surface area contributed by atoms with Crippen molar-refractivity contribution in [1.29, 1.82) is 0 Å². The number of nitrogens with one attached hydrogen (secondary N) is 2. The van der Waals surface area contributed by atoms with E-state index in [-0.39, 0.29) is 12.5 Å². The number of hydrogen-bond acceptors (Lipinski definition) is 4. The average Bonchev–Trinajstić information content (AvgIpc) is 2.53. The number of halogens is 2. The number of amides is 1. The molecule has 1 heterocycles. The smallest absolute Gasteiger partial charge is 0.263 e. The van der Waals surface area contributed by atoms with Gasteiger partial charge >= 0.3 is 0 Å². The first-order valence-electron chi connectivity index (χ1n) is 7.16. The molecule has 1 aromatic heterocycles. The van der Waals surface area contributed by atoms with Crippen LogP contribution in [0.2, 0.25) is 10.0 Å². The fourth-order valence-corrected chi connectivity index (χ4v) is 2.22. The number of carbonyl (C=O) groups excluding carboxylic acids is 1. The SMILES string of the molecule is CCCNc1ccc(NC(=O)COc2ccc(Cl)cc2Cl)nc1. The number of anilines is 2. The first-order valence-corrected chi connectivity index (χ1v) is 7.91. The quantitative estimate of drug-likeness (QED) is 0.781. The normalized spacial score (nSPS) is 10.2. The van der Waals surface area contributed by atoms with Crippen LogP contribution in [0.25, 0.3) is 0 Å². The van der Waals surface area contributed by atoms with E-state index in [0.29, 0.717) is 21.6 Å². The molecular weight excluding hydrogens is 337 g/mol. The van der Waals surface area contributed by atoms with Gasteiger partial charge in [-0.1, -0.05) is 30.1 Å². The zero-order valence-corrected chi connectivity index (χ0v) is 14.1. The number of pyridine rings is 1. The topological polar surface area (TPSA) is 63.2 Å². The highest BCUT2D eigenvalue weighted by Crippen LogP contribution is 2.27. The molecule has 1 amide bonds. The van der Waals surface area contributed by atoms with Crippen LogP contribution >= 0.6 is 23.2 Å². The fourth-order valence-electron chi connectivity index (χ4n) is 1.76. The van der Waals surface area contributed by atoms with Gasteiger partial charge in [0.1, 0.15) is 11.6 Å². The van der Waals surface area contributed by atoms with Gasteiger partial charge in [0, 0.05) is 11.6 Å². The van der Waals surface area contributed by atoms with Crippen LogP contribution < -0.4 is 15.4 Å². The lowest BCUT2D eigenvalue weighted by Crippen LogP contribution is -2.20. The molecule has 0 bridgehead atoms. The van der Waals surface area contributed by atoms with Gasteiger partial charge in [-0.15, -0.1) is 0 Å². The van der Waals surface area contributed by atoms with Gasteiger partial charge < -0.3 is 15.4 Å². The summed E-state index contributed by atoms with van der Waals surface area (Å²) in [5, 5.41) is 6.72. The van der Waals surface area contributed by atoms with Gasteiger partial charge in [0.05, 0.1) is 16.9 Å². The second-order valence-electron chi connectivity index (χ2n) is 4.77. The Kier molecular flexibility index (Phi) is 6.50. The first-order chi connectivity index (χ1) is 11.1. The number of benzene rings is 1. The molecule has 122 valence electrons. The van der Waals surface area contributed by atoms with E-state index in [1.165, 1.54) is 0 Å². The van der Waals surface area contributed by atoms with E-state index in [4.69, 9.17) is 27.9 Å². The molecular formula is C16H17Cl2N3O2. The molecule has 0 aliphatic carbocycles. The van der Waals surface area contributed by atoms with Gasteiger partial charge in [-0.05, 0) is 36.8 Å². The van der Waals surface area contributed by atoms with Crippen molar-refractivity contribution in [3.05, 3.63) is 46.6 Å². The number of hydrogen-bond donors (Lipinski definition) is 2. The highest BCUT2D eigenvalue weighted by Gasteiger charge is 2.07. The molecule has 0 saturated heterocycles. The molecule has 0 radical (unpaired) electrons. The number of aromatic nitrogens is 1. The number of rotatable bonds is 7. The van der Waals surface area contributed by atoms with Gasteiger partial charge in [-0.3, -0.25) is 4.79 Å². The third kappa shape index (κ3) is 5.62. The summed E-state index contributed by atoms with van der Waals surface area (Å²) in [5.74, 6) is 0.541. The minimum atomic E-state index is -0.321. The van der Waals surface area contributed by atoms with Crippen molar-refractivity contribution in [1.82, 2.24) is 4.98 Å². The molecule has 0 aliphatic heterocycles. The van der Waals surface area contributed by atoms with Crippen LogP contribution in [-0.2, 0) is 4.79 Å². The van der Waals surface area contributed by atoms with Crippen LogP contribution in [0.4, 0.5) is 11.5 Å². The van der Waals surface area contributed by atoms with Gasteiger partial charge in [0.2, 0.25) is 0 Å². The Hall–Kier alpha value is -1.98. The molecule has 2 rings (SSSR count). The molecule has 1 aromatic carbocycles. The second-order valence-corrected chi connectivity index (χ2v) is 5.61. The maximum atomic E-state index is 11.9. The van der Waals surface area contributed by atoms with Crippen molar-refractivity contribution < 1.29 is 9.53 Å². The number of nitrogens with zero attached hydrogens (tertiary/aromatic N) is 1. The zero-order valence-electron chi connectivity index (χ0n) is 12.6. The van der Waals surface area contributed by atoms with E-state index in [1.807, 2.05) is 6.07 Å². The predicted molar refractivity (Wildman–Crippen MR) is 93.6 cm³/mol. The number of carbonyl (C=O) groups is 1.